The number of nitrogens with zero attached hydrogens (tertiary/aromatic N) is 2. The van der Waals surface area contributed by atoms with E-state index in [9.17, 15) is 31.1 Å². The van der Waals surface area contributed by atoms with Crippen molar-refractivity contribution in [3.05, 3.63) is 65.1 Å². The molecule has 0 spiro atoms. The Labute approximate surface area is 154 Å². The van der Waals surface area contributed by atoms with E-state index in [2.05, 4.69) is 10.3 Å². The molecule has 1 N–H and O–H groups in total. The minimum atomic E-state index is -4.99. The summed E-state index contributed by atoms with van der Waals surface area (Å²) in [5.74, 6) is -0.784. The number of carbonyl (C=O) groups is 1. The number of rotatable bonds is 3. The van der Waals surface area contributed by atoms with Crippen molar-refractivity contribution in [3.8, 4) is 0 Å². The van der Waals surface area contributed by atoms with Crippen LogP contribution >= 0.6 is 0 Å². The third-order valence-electron chi connectivity index (χ3n) is 3.94. The first kappa shape index (κ1) is 19.7. The molecule has 4 nitrogen and oxygen atoms in total. The molecule has 0 saturated heterocycles. The molecule has 148 valence electrons. The van der Waals surface area contributed by atoms with Crippen LogP contribution in [0.4, 0.5) is 32.0 Å². The minimum absolute atomic E-state index is 0.000540. The van der Waals surface area contributed by atoms with E-state index in [0.29, 0.717) is 23.5 Å². The number of aromatic nitrogens is 2. The molecule has 0 aliphatic heterocycles. The van der Waals surface area contributed by atoms with Gasteiger partial charge in [0.05, 0.1) is 23.2 Å². The van der Waals surface area contributed by atoms with Gasteiger partial charge in [0.25, 0.3) is 0 Å². The van der Waals surface area contributed by atoms with Gasteiger partial charge in [0.2, 0.25) is 5.91 Å². The van der Waals surface area contributed by atoms with E-state index in [1.807, 2.05) is 13.0 Å². The molecule has 3 rings (SSSR count). The number of imidazole rings is 1. The summed E-state index contributed by atoms with van der Waals surface area (Å²) in [5.41, 5.74) is -1.81. The van der Waals surface area contributed by atoms with Crippen LogP contribution in [0.2, 0.25) is 0 Å². The molecule has 10 heteroatoms. The summed E-state index contributed by atoms with van der Waals surface area (Å²) in [7, 11) is 0. The summed E-state index contributed by atoms with van der Waals surface area (Å²) in [5, 5.41) is 2.09. The number of fused-ring (bicyclic) bond motifs is 1. The van der Waals surface area contributed by atoms with E-state index in [1.54, 1.807) is 22.9 Å². The molecule has 2 aromatic heterocycles. The molecular formula is C18H13F6N3O. The van der Waals surface area contributed by atoms with Gasteiger partial charge in [0, 0.05) is 18.1 Å². The van der Waals surface area contributed by atoms with Crippen LogP contribution in [-0.4, -0.2) is 15.3 Å². The molecule has 0 atom stereocenters. The molecule has 0 aliphatic carbocycles. The Hall–Kier alpha value is -3.04. The number of alkyl halides is 6. The minimum Gasteiger partial charge on any atom is -0.326 e. The molecule has 2 heterocycles. The average Bonchev–Trinajstić information content (AvgIpc) is 2.96. The van der Waals surface area contributed by atoms with Gasteiger partial charge >= 0.3 is 12.4 Å². The monoisotopic (exact) mass is 401 g/mol. The Bertz CT molecular complexity index is 1000. The van der Waals surface area contributed by atoms with E-state index in [-0.39, 0.29) is 12.5 Å². The Morgan fingerprint density at radius 1 is 1.07 bits per heavy atom. The van der Waals surface area contributed by atoms with Crippen molar-refractivity contribution in [2.75, 3.05) is 5.32 Å². The predicted octanol–water partition coefficient (Wildman–Crippen LogP) is 4.86. The van der Waals surface area contributed by atoms with Gasteiger partial charge in [-0.05, 0) is 36.8 Å². The first-order chi connectivity index (χ1) is 12.9. The maximum Gasteiger partial charge on any atom is 0.416 e. The second kappa shape index (κ2) is 6.84. The lowest BCUT2D eigenvalue weighted by Crippen LogP contribution is -2.17. The Morgan fingerprint density at radius 2 is 1.68 bits per heavy atom. The smallest absolute Gasteiger partial charge is 0.326 e. The number of hydrogen-bond acceptors (Lipinski definition) is 2. The number of aryl methyl sites for hydroxylation is 1. The number of halogens is 6. The maximum atomic E-state index is 12.9. The summed E-state index contributed by atoms with van der Waals surface area (Å²) in [6.07, 6.45) is -7.01. The van der Waals surface area contributed by atoms with Gasteiger partial charge in [-0.15, -0.1) is 0 Å². The summed E-state index contributed by atoms with van der Waals surface area (Å²) in [6, 6.07) is 4.51. The van der Waals surface area contributed by atoms with Gasteiger partial charge in [-0.1, -0.05) is 6.07 Å². The number of pyridine rings is 1. The molecule has 0 aliphatic rings. The molecule has 0 radical (unpaired) electrons. The number of carbonyl (C=O) groups excluding carboxylic acids is 1. The zero-order chi connectivity index (χ0) is 20.7. The van der Waals surface area contributed by atoms with Crippen molar-refractivity contribution in [1.82, 2.24) is 9.38 Å². The highest BCUT2D eigenvalue weighted by atomic mass is 19.4. The van der Waals surface area contributed by atoms with E-state index < -0.39 is 35.1 Å². The number of benzene rings is 1. The lowest BCUT2D eigenvalue weighted by Gasteiger charge is -2.14. The van der Waals surface area contributed by atoms with E-state index in [1.165, 1.54) is 0 Å². The highest BCUT2D eigenvalue weighted by Gasteiger charge is 2.37. The van der Waals surface area contributed by atoms with Gasteiger partial charge in [-0.3, -0.25) is 4.79 Å². The maximum absolute atomic E-state index is 12.9. The van der Waals surface area contributed by atoms with Crippen LogP contribution in [-0.2, 0) is 23.6 Å². The molecule has 0 fully saturated rings. The summed E-state index contributed by atoms with van der Waals surface area (Å²) >= 11 is 0. The average molecular weight is 401 g/mol. The van der Waals surface area contributed by atoms with E-state index in [0.717, 1.165) is 5.56 Å². The lowest BCUT2D eigenvalue weighted by molar-refractivity contribution is -0.143. The highest BCUT2D eigenvalue weighted by Crippen LogP contribution is 2.37. The third kappa shape index (κ3) is 4.26. The van der Waals surface area contributed by atoms with Gasteiger partial charge < -0.3 is 9.72 Å². The summed E-state index contributed by atoms with van der Waals surface area (Å²) in [6.45, 7) is 1.81. The number of anilines is 1. The van der Waals surface area contributed by atoms with Gasteiger partial charge in [-0.2, -0.15) is 26.3 Å². The Balaban J connectivity index is 1.85. The summed E-state index contributed by atoms with van der Waals surface area (Å²) in [4.78, 5) is 16.4. The van der Waals surface area contributed by atoms with Crippen LogP contribution in [0.15, 0.2) is 42.7 Å². The van der Waals surface area contributed by atoms with Crippen LogP contribution < -0.4 is 5.32 Å². The van der Waals surface area contributed by atoms with Gasteiger partial charge in [0.1, 0.15) is 5.65 Å². The van der Waals surface area contributed by atoms with Crippen LogP contribution in [0.5, 0.6) is 0 Å². The fourth-order valence-electron chi connectivity index (χ4n) is 2.69. The van der Waals surface area contributed by atoms with Crippen molar-refractivity contribution in [2.45, 2.75) is 25.7 Å². The van der Waals surface area contributed by atoms with Crippen LogP contribution in [0.1, 0.15) is 22.4 Å². The molecule has 1 aromatic carbocycles. The van der Waals surface area contributed by atoms with Crippen molar-refractivity contribution in [1.29, 1.82) is 0 Å². The van der Waals surface area contributed by atoms with Gasteiger partial charge in [0.15, 0.2) is 0 Å². The normalized spacial score (nSPS) is 12.4. The molecule has 0 saturated carbocycles. The van der Waals surface area contributed by atoms with Crippen LogP contribution in [0, 0.1) is 6.92 Å². The SMILES string of the molecule is Cc1cccn2cc(CC(=O)Nc3cc(C(F)(F)F)cc(C(F)(F)F)c3)nc12. The number of amides is 1. The van der Waals surface area contributed by atoms with Gasteiger partial charge in [-0.25, -0.2) is 4.98 Å². The predicted molar refractivity (Wildman–Crippen MR) is 88.7 cm³/mol. The lowest BCUT2D eigenvalue weighted by atomic mass is 10.1. The highest BCUT2D eigenvalue weighted by molar-refractivity contribution is 5.92. The Kier molecular flexibility index (Phi) is 4.82. The summed E-state index contributed by atoms with van der Waals surface area (Å²) < 4.78 is 79.0. The van der Waals surface area contributed by atoms with Crippen molar-refractivity contribution >= 4 is 17.2 Å². The zero-order valence-corrected chi connectivity index (χ0v) is 14.3. The van der Waals surface area contributed by atoms with E-state index in [4.69, 9.17) is 0 Å². The number of hydrogen-bond donors (Lipinski definition) is 1. The fourth-order valence-corrected chi connectivity index (χ4v) is 2.69. The standard InChI is InChI=1S/C18H13F6N3O/c1-10-3-2-4-27-9-14(26-16(10)27)8-15(28)25-13-6-11(17(19,20)21)5-12(7-13)18(22,23)24/h2-7,9H,8H2,1H3,(H,25,28). The third-order valence-corrected chi connectivity index (χ3v) is 3.94. The zero-order valence-electron chi connectivity index (χ0n) is 14.3. The second-order valence-electron chi connectivity index (χ2n) is 6.17. The van der Waals surface area contributed by atoms with E-state index >= 15 is 0 Å². The van der Waals surface area contributed by atoms with Crippen molar-refractivity contribution in [3.63, 3.8) is 0 Å². The quantitative estimate of drug-likeness (QED) is 0.637. The molecule has 3 aromatic rings. The second-order valence-corrected chi connectivity index (χ2v) is 6.17. The van der Waals surface area contributed by atoms with Crippen LogP contribution in [0.25, 0.3) is 5.65 Å². The first-order valence-electron chi connectivity index (χ1n) is 7.96. The molecule has 0 bridgehead atoms. The first-order valence-corrected chi connectivity index (χ1v) is 7.96. The largest absolute Gasteiger partial charge is 0.416 e. The molecule has 28 heavy (non-hydrogen) atoms. The number of nitrogens with one attached hydrogen (secondary N) is 1. The Morgan fingerprint density at radius 3 is 2.21 bits per heavy atom. The van der Waals surface area contributed by atoms with Crippen molar-refractivity contribution in [2.24, 2.45) is 0 Å². The fraction of sp³-hybridized carbons (Fsp3) is 0.222. The van der Waals surface area contributed by atoms with Crippen LogP contribution in [0.3, 0.4) is 0 Å². The molecule has 1 amide bonds. The topological polar surface area (TPSA) is 46.4 Å². The van der Waals surface area contributed by atoms with Crippen molar-refractivity contribution < 1.29 is 31.1 Å². The molecule has 0 unspecified atom stereocenters. The molecular weight excluding hydrogens is 388 g/mol.